The fraction of sp³-hybridized carbons (Fsp3) is 0.368. The smallest absolute Gasteiger partial charge is 0.357 e. The van der Waals surface area contributed by atoms with E-state index in [1.807, 2.05) is 50.7 Å². The summed E-state index contributed by atoms with van der Waals surface area (Å²) in [4.78, 5) is 20.9. The summed E-state index contributed by atoms with van der Waals surface area (Å²) in [7, 11) is 4.07. The highest BCUT2D eigenvalue weighted by Gasteiger charge is 2.19. The number of fused-ring (bicyclic) bond motifs is 1. The van der Waals surface area contributed by atoms with E-state index >= 15 is 0 Å². The summed E-state index contributed by atoms with van der Waals surface area (Å²) in [5, 5.41) is 0. The summed E-state index contributed by atoms with van der Waals surface area (Å²) < 4.78 is 7.33. The van der Waals surface area contributed by atoms with Gasteiger partial charge in [-0.3, -0.25) is 4.40 Å². The molecule has 0 saturated carbocycles. The van der Waals surface area contributed by atoms with Crippen LogP contribution in [0.4, 0.5) is 5.69 Å². The number of carbonyl (C=O) groups excluding carboxylic acids is 1. The van der Waals surface area contributed by atoms with E-state index in [0.29, 0.717) is 18.0 Å². The van der Waals surface area contributed by atoms with E-state index in [1.165, 1.54) is 11.3 Å². The van der Waals surface area contributed by atoms with Gasteiger partial charge in [0.1, 0.15) is 0 Å². The quantitative estimate of drug-likeness (QED) is 0.496. The van der Waals surface area contributed by atoms with Gasteiger partial charge in [-0.15, -0.1) is 11.3 Å². The number of hydrogen-bond acceptors (Lipinski definition) is 5. The van der Waals surface area contributed by atoms with Crippen LogP contribution in [-0.2, 0) is 11.2 Å². The van der Waals surface area contributed by atoms with Crippen molar-refractivity contribution in [3.05, 3.63) is 52.3 Å². The van der Waals surface area contributed by atoms with Gasteiger partial charge >= 0.3 is 5.97 Å². The average molecular weight is 357 g/mol. The monoisotopic (exact) mass is 357 g/mol. The lowest BCUT2D eigenvalue weighted by molar-refractivity contribution is 0.0491. The average Bonchev–Trinajstić information content (AvgIpc) is 3.05. The van der Waals surface area contributed by atoms with Crippen LogP contribution in [0.15, 0.2) is 30.5 Å². The molecule has 6 heteroatoms. The summed E-state index contributed by atoms with van der Waals surface area (Å²) in [5.41, 5.74) is 3.72. The second-order valence-corrected chi connectivity index (χ2v) is 7.52. The second kappa shape index (κ2) is 7.27. The third kappa shape index (κ3) is 3.69. The summed E-state index contributed by atoms with van der Waals surface area (Å²) in [5.74, 6) is -0.302. The summed E-state index contributed by atoms with van der Waals surface area (Å²) in [6, 6.07) is 8.30. The van der Waals surface area contributed by atoms with Gasteiger partial charge in [0, 0.05) is 30.9 Å². The molecule has 2 heterocycles. The first-order valence-electron chi connectivity index (χ1n) is 8.35. The van der Waals surface area contributed by atoms with Gasteiger partial charge in [0.25, 0.3) is 0 Å². The van der Waals surface area contributed by atoms with Crippen LogP contribution in [0, 0.1) is 13.8 Å². The lowest BCUT2D eigenvalue weighted by Crippen LogP contribution is -2.13. The van der Waals surface area contributed by atoms with Crippen LogP contribution in [0.2, 0.25) is 0 Å². The maximum Gasteiger partial charge on any atom is 0.357 e. The molecule has 0 atom stereocenters. The predicted octanol–water partition coefficient (Wildman–Crippen LogP) is 3.87. The highest BCUT2D eigenvalue weighted by atomic mass is 32.1. The van der Waals surface area contributed by atoms with E-state index < -0.39 is 0 Å². The number of para-hydroxylation sites is 1. The third-order valence-electron chi connectivity index (χ3n) is 4.11. The van der Waals surface area contributed by atoms with Gasteiger partial charge in [0.05, 0.1) is 12.3 Å². The van der Waals surface area contributed by atoms with Crippen molar-refractivity contribution < 1.29 is 9.53 Å². The van der Waals surface area contributed by atoms with E-state index in [4.69, 9.17) is 4.74 Å². The van der Waals surface area contributed by atoms with Crippen LogP contribution in [0.5, 0.6) is 0 Å². The minimum atomic E-state index is -0.302. The largest absolute Gasteiger partial charge is 0.461 e. The van der Waals surface area contributed by atoms with E-state index in [2.05, 4.69) is 22.0 Å². The zero-order chi connectivity index (χ0) is 18.0. The van der Waals surface area contributed by atoms with E-state index in [-0.39, 0.29) is 5.97 Å². The molecular weight excluding hydrogens is 334 g/mol. The standard InChI is InChI=1S/C19H23N3O2S/c1-13-12-22-17(14(2)20-19(22)25-13)18(23)24-11-7-9-15-8-5-6-10-16(15)21(3)4/h5-6,8,10,12H,7,9,11H2,1-4H3. The Bertz CT molecular complexity index is 895. The number of thiazole rings is 1. The molecule has 0 aliphatic rings. The summed E-state index contributed by atoms with van der Waals surface area (Å²) in [6.45, 7) is 4.25. The number of carbonyl (C=O) groups is 1. The number of aryl methyl sites for hydroxylation is 3. The van der Waals surface area contributed by atoms with Gasteiger partial charge in [-0.05, 0) is 38.3 Å². The molecule has 0 bridgehead atoms. The lowest BCUT2D eigenvalue weighted by Gasteiger charge is -2.17. The van der Waals surface area contributed by atoms with Crippen molar-refractivity contribution in [3.8, 4) is 0 Å². The number of anilines is 1. The molecule has 2 aromatic heterocycles. The van der Waals surface area contributed by atoms with Gasteiger partial charge in [-0.1, -0.05) is 18.2 Å². The minimum Gasteiger partial charge on any atom is -0.461 e. The topological polar surface area (TPSA) is 46.8 Å². The van der Waals surface area contributed by atoms with Gasteiger partial charge < -0.3 is 9.64 Å². The highest BCUT2D eigenvalue weighted by Crippen LogP contribution is 2.22. The van der Waals surface area contributed by atoms with Gasteiger partial charge in [0.15, 0.2) is 10.7 Å². The third-order valence-corrected chi connectivity index (χ3v) is 5.00. The number of ether oxygens (including phenoxy) is 1. The Labute approximate surface area is 151 Å². The number of aromatic nitrogens is 2. The number of imidazole rings is 1. The molecule has 3 rings (SSSR count). The van der Waals surface area contributed by atoms with Crippen molar-refractivity contribution in [2.45, 2.75) is 26.7 Å². The van der Waals surface area contributed by atoms with Crippen molar-refractivity contribution in [2.75, 3.05) is 25.6 Å². The minimum absolute atomic E-state index is 0.302. The molecule has 25 heavy (non-hydrogen) atoms. The molecule has 0 aliphatic heterocycles. The predicted molar refractivity (Wildman–Crippen MR) is 102 cm³/mol. The number of nitrogens with zero attached hydrogens (tertiary/aromatic N) is 3. The van der Waals surface area contributed by atoms with Crippen molar-refractivity contribution in [2.24, 2.45) is 0 Å². The Morgan fingerprint density at radius 1 is 1.28 bits per heavy atom. The zero-order valence-corrected chi connectivity index (χ0v) is 15.9. The number of benzene rings is 1. The molecule has 0 radical (unpaired) electrons. The number of hydrogen-bond donors (Lipinski definition) is 0. The fourth-order valence-electron chi connectivity index (χ4n) is 2.96. The molecule has 0 aliphatic carbocycles. The highest BCUT2D eigenvalue weighted by molar-refractivity contribution is 7.17. The maximum absolute atomic E-state index is 12.4. The zero-order valence-electron chi connectivity index (χ0n) is 15.1. The molecule has 0 unspecified atom stereocenters. The van der Waals surface area contributed by atoms with Crippen molar-refractivity contribution in [3.63, 3.8) is 0 Å². The van der Waals surface area contributed by atoms with Crippen LogP contribution in [0.1, 0.15) is 33.0 Å². The Morgan fingerprint density at radius 2 is 2.04 bits per heavy atom. The molecule has 0 saturated heterocycles. The molecule has 0 N–H and O–H groups in total. The SMILES string of the molecule is Cc1cn2c(C(=O)OCCCc3ccccc3N(C)C)c(C)nc2s1. The maximum atomic E-state index is 12.4. The fourth-order valence-corrected chi connectivity index (χ4v) is 3.84. The first kappa shape index (κ1) is 17.5. The Hall–Kier alpha value is -2.34. The van der Waals surface area contributed by atoms with Crippen LogP contribution >= 0.6 is 11.3 Å². The van der Waals surface area contributed by atoms with Gasteiger partial charge in [0.2, 0.25) is 0 Å². The van der Waals surface area contributed by atoms with Crippen LogP contribution in [0.25, 0.3) is 4.96 Å². The van der Waals surface area contributed by atoms with Crippen LogP contribution in [0.3, 0.4) is 0 Å². The van der Waals surface area contributed by atoms with Crippen LogP contribution in [-0.4, -0.2) is 36.1 Å². The first-order valence-corrected chi connectivity index (χ1v) is 9.16. The molecular formula is C19H23N3O2S. The molecule has 132 valence electrons. The number of rotatable bonds is 6. The van der Waals surface area contributed by atoms with Crippen LogP contribution < -0.4 is 4.90 Å². The van der Waals surface area contributed by atoms with Gasteiger partial charge in [-0.2, -0.15) is 0 Å². The Balaban J connectivity index is 1.61. The molecule has 1 aromatic carbocycles. The van der Waals surface area contributed by atoms with Crippen molar-refractivity contribution in [1.82, 2.24) is 9.38 Å². The molecule has 0 fully saturated rings. The van der Waals surface area contributed by atoms with Crippen molar-refractivity contribution >= 4 is 28.0 Å². The normalized spacial score (nSPS) is 11.0. The first-order chi connectivity index (χ1) is 12.0. The molecule has 3 aromatic rings. The Morgan fingerprint density at radius 3 is 2.80 bits per heavy atom. The molecule has 0 amide bonds. The van der Waals surface area contributed by atoms with E-state index in [9.17, 15) is 4.79 Å². The molecule has 0 spiro atoms. The summed E-state index contributed by atoms with van der Waals surface area (Å²) >= 11 is 1.57. The van der Waals surface area contributed by atoms with Gasteiger partial charge in [-0.25, -0.2) is 9.78 Å². The lowest BCUT2D eigenvalue weighted by atomic mass is 10.1. The van der Waals surface area contributed by atoms with E-state index in [1.54, 1.807) is 11.3 Å². The second-order valence-electron chi connectivity index (χ2n) is 6.30. The molecule has 5 nitrogen and oxygen atoms in total. The summed E-state index contributed by atoms with van der Waals surface area (Å²) in [6.07, 6.45) is 3.60. The number of esters is 1. The van der Waals surface area contributed by atoms with Crippen molar-refractivity contribution in [1.29, 1.82) is 0 Å². The van der Waals surface area contributed by atoms with E-state index in [0.717, 1.165) is 22.7 Å². The Kier molecular flexibility index (Phi) is 5.08.